The second-order valence-corrected chi connectivity index (χ2v) is 11.5. The summed E-state index contributed by atoms with van der Waals surface area (Å²) in [7, 11) is 0.765. The summed E-state index contributed by atoms with van der Waals surface area (Å²) in [6.45, 7) is 1.19. The van der Waals surface area contributed by atoms with E-state index in [-0.39, 0.29) is 18.7 Å². The van der Waals surface area contributed by atoms with E-state index < -0.39 is 33.2 Å². The topological polar surface area (TPSA) is 116 Å². The summed E-state index contributed by atoms with van der Waals surface area (Å²) < 4.78 is 22.1. The number of ketones is 1. The molecule has 8 nitrogen and oxygen atoms in total. The third-order valence-electron chi connectivity index (χ3n) is 5.49. The second kappa shape index (κ2) is 18.9. The van der Waals surface area contributed by atoms with E-state index in [1.54, 1.807) is 0 Å². The highest BCUT2D eigenvalue weighted by Crippen LogP contribution is 2.40. The molecule has 0 bridgehead atoms. The normalized spacial score (nSPS) is 15.8. The Balaban J connectivity index is 4.16. The van der Waals surface area contributed by atoms with Crippen LogP contribution in [0.2, 0.25) is 0 Å². The van der Waals surface area contributed by atoms with Crippen LogP contribution in [0.4, 0.5) is 0 Å². The summed E-state index contributed by atoms with van der Waals surface area (Å²) in [5.41, 5.74) is 0. The number of phosphoric acid groups is 1. The van der Waals surface area contributed by atoms with Crippen LogP contribution in [0.3, 0.4) is 0 Å². The molecule has 0 spiro atoms. The molecule has 0 rings (SSSR count). The smallest absolute Gasteiger partial charge is 0.268 e. The molecule has 2 unspecified atom stereocenters. The van der Waals surface area contributed by atoms with Gasteiger partial charge in [-0.2, -0.15) is 0 Å². The summed E-state index contributed by atoms with van der Waals surface area (Å²) >= 11 is 0. The average Bonchev–Trinajstić information content (AvgIpc) is 2.73. The Labute approximate surface area is 201 Å². The van der Waals surface area contributed by atoms with Crippen LogP contribution in [-0.4, -0.2) is 73.6 Å². The molecule has 0 amide bonds. The molecule has 0 saturated heterocycles. The predicted molar refractivity (Wildman–Crippen MR) is 130 cm³/mol. The maximum atomic E-state index is 12.7. The lowest BCUT2D eigenvalue weighted by Crippen LogP contribution is -2.45. The molecule has 33 heavy (non-hydrogen) atoms. The quantitative estimate of drug-likeness (QED) is 0.125. The molecule has 3 atom stereocenters. The summed E-state index contributed by atoms with van der Waals surface area (Å²) in [5.74, 6) is -0.256. The Kier molecular flexibility index (Phi) is 18.7. The fourth-order valence-corrected chi connectivity index (χ4v) is 4.50. The van der Waals surface area contributed by atoms with Crippen LogP contribution >= 0.6 is 7.82 Å². The van der Waals surface area contributed by atoms with E-state index >= 15 is 0 Å². The minimum Gasteiger partial charge on any atom is -0.756 e. The molecule has 0 aromatic carbocycles. The maximum Gasteiger partial charge on any atom is 0.268 e. The van der Waals surface area contributed by atoms with Crippen molar-refractivity contribution in [1.82, 2.24) is 0 Å². The highest BCUT2D eigenvalue weighted by molar-refractivity contribution is 7.45. The highest BCUT2D eigenvalue weighted by atomic mass is 31.2. The zero-order valence-electron chi connectivity index (χ0n) is 21.5. The van der Waals surface area contributed by atoms with Gasteiger partial charge in [-0.3, -0.25) is 9.36 Å². The summed E-state index contributed by atoms with van der Waals surface area (Å²) in [6, 6.07) is 0. The first kappa shape index (κ1) is 32.7. The number of hydrogen-bond acceptors (Lipinski definition) is 7. The molecular formula is C24H50NO7P. The molecule has 0 aliphatic heterocycles. The number of carbonyl (C=O) groups excluding carboxylic acids is 1. The van der Waals surface area contributed by atoms with E-state index in [0.717, 1.165) is 12.8 Å². The zero-order valence-corrected chi connectivity index (χ0v) is 22.4. The van der Waals surface area contributed by atoms with E-state index in [2.05, 4.69) is 11.4 Å². The van der Waals surface area contributed by atoms with Crippen LogP contribution in [-0.2, 0) is 18.4 Å². The summed E-state index contributed by atoms with van der Waals surface area (Å²) in [4.78, 5) is 24.7. The Hall–Kier alpha value is -0.340. The molecule has 0 saturated carbocycles. The molecule has 9 heteroatoms. The largest absolute Gasteiger partial charge is 0.756 e. The number of hydrogen-bond donors (Lipinski definition) is 2. The van der Waals surface area contributed by atoms with Gasteiger partial charge in [-0.15, -0.1) is 0 Å². The lowest BCUT2D eigenvalue weighted by Gasteiger charge is -2.32. The van der Waals surface area contributed by atoms with E-state index in [4.69, 9.17) is 9.63 Å². The van der Waals surface area contributed by atoms with Crippen molar-refractivity contribution >= 4 is 13.6 Å². The van der Waals surface area contributed by atoms with Crippen molar-refractivity contribution in [3.05, 3.63) is 0 Å². The predicted octanol–water partition coefficient (Wildman–Crippen LogP) is 3.97. The van der Waals surface area contributed by atoms with Crippen molar-refractivity contribution in [2.24, 2.45) is 0 Å². The number of rotatable bonds is 23. The van der Waals surface area contributed by atoms with Gasteiger partial charge in [0.2, 0.25) is 0 Å². The summed E-state index contributed by atoms with van der Waals surface area (Å²) in [5, 5.41) is 18.1. The number of carbonyl (C=O) groups is 1. The lowest BCUT2D eigenvalue weighted by atomic mass is 10.0. The molecule has 0 aliphatic rings. The fraction of sp³-hybridized carbons (Fsp3) is 0.958. The van der Waals surface area contributed by atoms with Crippen molar-refractivity contribution in [3.63, 3.8) is 0 Å². The number of phosphoric ester groups is 1. The average molecular weight is 496 g/mol. The Morgan fingerprint density at radius 2 is 1.36 bits per heavy atom. The first-order chi connectivity index (χ1) is 15.5. The van der Waals surface area contributed by atoms with Crippen molar-refractivity contribution < 1.29 is 38.0 Å². The van der Waals surface area contributed by atoms with Crippen LogP contribution < -0.4 is 4.89 Å². The number of aliphatic hydroxyl groups excluding tert-OH is 2. The second-order valence-electron chi connectivity index (χ2n) is 10.1. The van der Waals surface area contributed by atoms with Gasteiger partial charge in [-0.05, 0) is 6.42 Å². The van der Waals surface area contributed by atoms with E-state index in [1.807, 2.05) is 21.1 Å². The molecule has 0 fully saturated rings. The van der Waals surface area contributed by atoms with E-state index in [1.165, 1.54) is 64.2 Å². The van der Waals surface area contributed by atoms with E-state index in [0.29, 0.717) is 10.9 Å². The van der Waals surface area contributed by atoms with Gasteiger partial charge >= 0.3 is 0 Å². The fourth-order valence-electron chi connectivity index (χ4n) is 3.59. The Morgan fingerprint density at radius 1 is 0.909 bits per heavy atom. The highest BCUT2D eigenvalue weighted by Gasteiger charge is 2.30. The Morgan fingerprint density at radius 3 is 1.79 bits per heavy atom. The first-order valence-electron chi connectivity index (χ1n) is 12.8. The molecule has 0 aromatic heterocycles. The first-order valence-corrected chi connectivity index (χ1v) is 14.2. The van der Waals surface area contributed by atoms with E-state index in [9.17, 15) is 19.4 Å². The number of aliphatic hydroxyl groups is 2. The van der Waals surface area contributed by atoms with Crippen LogP contribution in [0.1, 0.15) is 96.8 Å². The van der Waals surface area contributed by atoms with Gasteiger partial charge in [0.05, 0.1) is 34.4 Å². The lowest BCUT2D eigenvalue weighted by molar-refractivity contribution is -0.872. The van der Waals surface area contributed by atoms with Gasteiger partial charge in [0, 0.05) is 6.42 Å². The molecule has 0 radical (unpaired) electrons. The monoisotopic (exact) mass is 495 g/mol. The molecule has 0 heterocycles. The van der Waals surface area contributed by atoms with Gasteiger partial charge in [-0.25, -0.2) is 0 Å². The maximum absolute atomic E-state index is 12.7. The SMILES string of the molecule is CCCCCCCCCCCCCCCC(=O)C(C[N+](C)(C)C)OP(=O)([O-])OC[C@H](O)CO. The molecule has 0 aliphatic carbocycles. The standard InChI is InChI=1S/C24H50NO7P/c1-5-6-7-8-9-10-11-12-13-14-15-16-17-18-23(28)24(19-25(2,3)4)32-33(29,30)31-21-22(27)20-26/h22,24,26-27H,5-21H2,1-4H3/t22-,24?/m1/s1. The minimum absolute atomic E-state index is 0.190. The number of quaternary nitrogens is 1. The minimum atomic E-state index is -4.78. The van der Waals surface area contributed by atoms with Gasteiger partial charge in [-0.1, -0.05) is 84.0 Å². The zero-order chi connectivity index (χ0) is 25.2. The van der Waals surface area contributed by atoms with Crippen LogP contribution in [0.15, 0.2) is 0 Å². The van der Waals surface area contributed by atoms with Gasteiger partial charge in [0.25, 0.3) is 7.82 Å². The third-order valence-corrected chi connectivity index (χ3v) is 6.47. The van der Waals surface area contributed by atoms with Gasteiger partial charge in [0.15, 0.2) is 11.9 Å². The molecule has 198 valence electrons. The van der Waals surface area contributed by atoms with Gasteiger partial charge < -0.3 is 28.6 Å². The van der Waals surface area contributed by atoms with Crippen LogP contribution in [0, 0.1) is 0 Å². The number of unbranched alkanes of at least 4 members (excludes halogenated alkanes) is 12. The van der Waals surface area contributed by atoms with Crippen LogP contribution in [0.5, 0.6) is 0 Å². The molecular weight excluding hydrogens is 445 g/mol. The molecule has 2 N–H and O–H groups in total. The van der Waals surface area contributed by atoms with Crippen LogP contribution in [0.25, 0.3) is 0 Å². The number of nitrogens with zero attached hydrogens (tertiary/aromatic N) is 1. The van der Waals surface area contributed by atoms with Crippen molar-refractivity contribution in [3.8, 4) is 0 Å². The van der Waals surface area contributed by atoms with Gasteiger partial charge in [0.1, 0.15) is 12.6 Å². The Bertz CT molecular complexity index is 539. The number of likely N-dealkylation sites (N-methyl/N-ethyl adjacent to an activating group) is 1. The van der Waals surface area contributed by atoms with Crippen molar-refractivity contribution in [2.45, 2.75) is 109 Å². The number of Topliss-reactive ketones (excluding diaryl/α,β-unsaturated/α-hetero) is 1. The van der Waals surface area contributed by atoms with Crippen molar-refractivity contribution in [2.75, 3.05) is 40.9 Å². The molecule has 0 aromatic rings. The van der Waals surface area contributed by atoms with Crippen molar-refractivity contribution in [1.29, 1.82) is 0 Å². The third kappa shape index (κ3) is 20.7. The summed E-state index contributed by atoms with van der Waals surface area (Å²) in [6.07, 6.45) is 13.6.